The first kappa shape index (κ1) is 15.7. The van der Waals surface area contributed by atoms with Gasteiger partial charge in [-0.15, -0.1) is 0 Å². The van der Waals surface area contributed by atoms with Crippen LogP contribution in [0.15, 0.2) is 53.5 Å². The summed E-state index contributed by atoms with van der Waals surface area (Å²) in [6, 6.07) is 10.2. The number of carbonyl (C=O) groups is 1. The van der Waals surface area contributed by atoms with Crippen LogP contribution < -0.4 is 0 Å². The fourth-order valence-corrected chi connectivity index (χ4v) is 3.54. The highest BCUT2D eigenvalue weighted by Crippen LogP contribution is 2.33. The third-order valence-electron chi connectivity index (χ3n) is 4.92. The molecule has 1 saturated heterocycles. The first-order valence-corrected chi connectivity index (χ1v) is 8.64. The van der Waals surface area contributed by atoms with Gasteiger partial charge in [0, 0.05) is 30.3 Å². The van der Waals surface area contributed by atoms with Crippen LogP contribution in [0.3, 0.4) is 0 Å². The SMILES string of the molecule is Cc1ccc(-c2cn[nH]c2C2CCCN(C(=O)c3ccoc3)C2)cc1. The molecule has 25 heavy (non-hydrogen) atoms. The van der Waals surface area contributed by atoms with E-state index in [1.807, 2.05) is 11.1 Å². The Hall–Kier alpha value is -2.82. The van der Waals surface area contributed by atoms with Crippen molar-refractivity contribution >= 4 is 5.91 Å². The summed E-state index contributed by atoms with van der Waals surface area (Å²) in [6.07, 6.45) is 6.98. The van der Waals surface area contributed by atoms with Crippen LogP contribution in [0.2, 0.25) is 0 Å². The van der Waals surface area contributed by atoms with E-state index >= 15 is 0 Å². The van der Waals surface area contributed by atoms with Gasteiger partial charge in [-0.2, -0.15) is 5.10 Å². The summed E-state index contributed by atoms with van der Waals surface area (Å²) in [5.41, 5.74) is 5.26. The van der Waals surface area contributed by atoms with Crippen molar-refractivity contribution in [1.29, 1.82) is 0 Å². The molecule has 0 aliphatic carbocycles. The number of amides is 1. The summed E-state index contributed by atoms with van der Waals surface area (Å²) in [7, 11) is 0. The topological polar surface area (TPSA) is 62.1 Å². The quantitative estimate of drug-likeness (QED) is 0.787. The van der Waals surface area contributed by atoms with Gasteiger partial charge in [-0.1, -0.05) is 29.8 Å². The lowest BCUT2D eigenvalue weighted by Crippen LogP contribution is -2.39. The van der Waals surface area contributed by atoms with Crippen LogP contribution in [-0.2, 0) is 0 Å². The third-order valence-corrected chi connectivity index (χ3v) is 4.92. The second-order valence-electron chi connectivity index (χ2n) is 6.67. The molecular weight excluding hydrogens is 314 g/mol. The van der Waals surface area contributed by atoms with Gasteiger partial charge in [0.15, 0.2) is 0 Å². The fraction of sp³-hybridized carbons (Fsp3) is 0.300. The Morgan fingerprint density at radius 1 is 1.28 bits per heavy atom. The van der Waals surface area contributed by atoms with Crippen molar-refractivity contribution in [3.63, 3.8) is 0 Å². The molecule has 0 radical (unpaired) electrons. The minimum atomic E-state index is 0.0369. The number of piperidine rings is 1. The smallest absolute Gasteiger partial charge is 0.257 e. The Bertz CT molecular complexity index is 849. The number of aromatic amines is 1. The first-order valence-electron chi connectivity index (χ1n) is 8.64. The second kappa shape index (κ2) is 6.59. The molecule has 1 aromatic carbocycles. The van der Waals surface area contributed by atoms with E-state index in [2.05, 4.69) is 41.4 Å². The highest BCUT2D eigenvalue weighted by molar-refractivity contribution is 5.94. The number of likely N-dealkylation sites (tertiary alicyclic amines) is 1. The minimum absolute atomic E-state index is 0.0369. The maximum Gasteiger partial charge on any atom is 0.257 e. The van der Waals surface area contributed by atoms with Gasteiger partial charge in [0.05, 0.1) is 18.0 Å². The van der Waals surface area contributed by atoms with Crippen LogP contribution in [0.4, 0.5) is 0 Å². The molecule has 3 aromatic rings. The zero-order valence-electron chi connectivity index (χ0n) is 14.2. The molecule has 5 heteroatoms. The van der Waals surface area contributed by atoms with Crippen molar-refractivity contribution in [2.45, 2.75) is 25.7 Å². The normalized spacial score (nSPS) is 17.6. The fourth-order valence-electron chi connectivity index (χ4n) is 3.54. The van der Waals surface area contributed by atoms with Crippen molar-refractivity contribution in [3.05, 3.63) is 65.9 Å². The lowest BCUT2D eigenvalue weighted by atomic mass is 9.90. The standard InChI is InChI=1S/C20H21N3O2/c1-14-4-6-15(7-5-14)18-11-21-22-19(18)16-3-2-9-23(12-16)20(24)17-8-10-25-13-17/h4-8,10-11,13,16H,2-3,9,12H2,1H3,(H,21,22). The third kappa shape index (κ3) is 3.09. The molecule has 128 valence electrons. The van der Waals surface area contributed by atoms with Gasteiger partial charge in [0.1, 0.15) is 6.26 Å². The van der Waals surface area contributed by atoms with E-state index < -0.39 is 0 Å². The molecule has 1 aliphatic rings. The zero-order valence-corrected chi connectivity index (χ0v) is 14.2. The number of nitrogens with zero attached hydrogens (tertiary/aromatic N) is 2. The predicted molar refractivity (Wildman–Crippen MR) is 95.3 cm³/mol. The number of furan rings is 1. The Labute approximate surface area is 146 Å². The Morgan fingerprint density at radius 2 is 2.12 bits per heavy atom. The molecule has 0 spiro atoms. The Morgan fingerprint density at radius 3 is 2.88 bits per heavy atom. The highest BCUT2D eigenvalue weighted by atomic mass is 16.3. The summed E-state index contributed by atoms with van der Waals surface area (Å²) >= 11 is 0. The van der Waals surface area contributed by atoms with E-state index in [1.165, 1.54) is 11.8 Å². The predicted octanol–water partition coefficient (Wildman–Crippen LogP) is 4.00. The molecule has 1 amide bonds. The van der Waals surface area contributed by atoms with Crippen LogP contribution in [0.25, 0.3) is 11.1 Å². The monoisotopic (exact) mass is 335 g/mol. The Balaban J connectivity index is 1.57. The number of benzene rings is 1. The molecule has 1 unspecified atom stereocenters. The van der Waals surface area contributed by atoms with E-state index in [-0.39, 0.29) is 11.8 Å². The maximum absolute atomic E-state index is 12.6. The lowest BCUT2D eigenvalue weighted by Gasteiger charge is -2.32. The van der Waals surface area contributed by atoms with E-state index in [0.29, 0.717) is 12.1 Å². The molecule has 0 saturated carbocycles. The van der Waals surface area contributed by atoms with Gasteiger partial charge in [-0.3, -0.25) is 9.89 Å². The first-order chi connectivity index (χ1) is 12.2. The van der Waals surface area contributed by atoms with Crippen molar-refractivity contribution < 1.29 is 9.21 Å². The van der Waals surface area contributed by atoms with Crippen molar-refractivity contribution in [2.75, 3.05) is 13.1 Å². The van der Waals surface area contributed by atoms with E-state index in [4.69, 9.17) is 4.42 Å². The van der Waals surface area contributed by atoms with Crippen LogP contribution in [-0.4, -0.2) is 34.1 Å². The zero-order chi connectivity index (χ0) is 17.2. The number of aromatic nitrogens is 2. The second-order valence-corrected chi connectivity index (χ2v) is 6.67. The number of H-pyrrole nitrogens is 1. The van der Waals surface area contributed by atoms with Crippen molar-refractivity contribution in [1.82, 2.24) is 15.1 Å². The van der Waals surface area contributed by atoms with Gasteiger partial charge < -0.3 is 9.32 Å². The summed E-state index contributed by atoms with van der Waals surface area (Å²) in [5.74, 6) is 0.304. The molecular formula is C20H21N3O2. The lowest BCUT2D eigenvalue weighted by molar-refractivity contribution is 0.0705. The largest absolute Gasteiger partial charge is 0.472 e. The van der Waals surface area contributed by atoms with E-state index in [9.17, 15) is 4.79 Å². The number of hydrogen-bond acceptors (Lipinski definition) is 3. The van der Waals surface area contributed by atoms with Crippen LogP contribution in [0.1, 0.15) is 40.4 Å². The van der Waals surface area contributed by atoms with Gasteiger partial charge in [-0.05, 0) is 31.4 Å². The summed E-state index contributed by atoms with van der Waals surface area (Å²) < 4.78 is 5.05. The molecule has 1 atom stereocenters. The molecule has 3 heterocycles. The molecule has 0 bridgehead atoms. The van der Waals surface area contributed by atoms with Crippen LogP contribution in [0.5, 0.6) is 0 Å². The van der Waals surface area contributed by atoms with Gasteiger partial charge in [-0.25, -0.2) is 0 Å². The van der Waals surface area contributed by atoms with Crippen molar-refractivity contribution in [3.8, 4) is 11.1 Å². The Kier molecular flexibility index (Phi) is 4.14. The molecule has 4 rings (SSSR count). The van der Waals surface area contributed by atoms with Crippen LogP contribution in [0, 0.1) is 6.92 Å². The number of nitrogens with one attached hydrogen (secondary N) is 1. The van der Waals surface area contributed by atoms with Crippen LogP contribution >= 0.6 is 0 Å². The van der Waals surface area contributed by atoms with E-state index in [0.717, 1.165) is 36.2 Å². The summed E-state index contributed by atoms with van der Waals surface area (Å²) in [4.78, 5) is 14.5. The number of aryl methyl sites for hydroxylation is 1. The molecule has 1 aliphatic heterocycles. The highest BCUT2D eigenvalue weighted by Gasteiger charge is 2.28. The average molecular weight is 335 g/mol. The minimum Gasteiger partial charge on any atom is -0.472 e. The number of hydrogen-bond donors (Lipinski definition) is 1. The molecule has 1 N–H and O–H groups in total. The molecule has 5 nitrogen and oxygen atoms in total. The number of carbonyl (C=O) groups excluding carboxylic acids is 1. The maximum atomic E-state index is 12.6. The number of rotatable bonds is 3. The van der Waals surface area contributed by atoms with Crippen molar-refractivity contribution in [2.24, 2.45) is 0 Å². The van der Waals surface area contributed by atoms with Gasteiger partial charge in [0.2, 0.25) is 0 Å². The van der Waals surface area contributed by atoms with Gasteiger partial charge >= 0.3 is 0 Å². The molecule has 2 aromatic heterocycles. The van der Waals surface area contributed by atoms with Gasteiger partial charge in [0.25, 0.3) is 5.91 Å². The summed E-state index contributed by atoms with van der Waals surface area (Å²) in [5, 5.41) is 7.45. The average Bonchev–Trinajstić information content (AvgIpc) is 3.34. The molecule has 1 fully saturated rings. The summed E-state index contributed by atoms with van der Waals surface area (Å²) in [6.45, 7) is 3.57. The van der Waals surface area contributed by atoms with E-state index in [1.54, 1.807) is 12.3 Å².